The van der Waals surface area contributed by atoms with E-state index in [0.717, 1.165) is 12.8 Å². The third kappa shape index (κ3) is 2.12. The lowest BCUT2D eigenvalue weighted by Crippen LogP contribution is -2.25. The van der Waals surface area contributed by atoms with E-state index in [-0.39, 0.29) is 6.04 Å². The van der Waals surface area contributed by atoms with Crippen LogP contribution in [0.15, 0.2) is 12.4 Å². The maximum absolute atomic E-state index is 13.2. The zero-order chi connectivity index (χ0) is 9.97. The minimum absolute atomic E-state index is 0.142. The van der Waals surface area contributed by atoms with Crippen LogP contribution in [0.2, 0.25) is 5.02 Å². The summed E-state index contributed by atoms with van der Waals surface area (Å²) in [6, 6.07) is -0.142. The van der Waals surface area contributed by atoms with Gasteiger partial charge in [-0.25, -0.2) is 14.4 Å². The van der Waals surface area contributed by atoms with E-state index in [1.54, 1.807) is 0 Å². The maximum Gasteiger partial charge on any atom is 0.222 e. The molecule has 0 saturated heterocycles. The van der Waals surface area contributed by atoms with Crippen molar-refractivity contribution >= 4 is 17.5 Å². The summed E-state index contributed by atoms with van der Waals surface area (Å²) in [5.74, 6) is 0.448. The van der Waals surface area contributed by atoms with Crippen molar-refractivity contribution in [2.75, 3.05) is 5.32 Å². The predicted octanol–water partition coefficient (Wildman–Crippen LogP) is 2.43. The Morgan fingerprint density at radius 3 is 2.64 bits per heavy atom. The Morgan fingerprint density at radius 1 is 1.36 bits per heavy atom. The molecular weight excluding hydrogens is 205 g/mol. The Labute approximate surface area is 86.7 Å². The van der Waals surface area contributed by atoms with Gasteiger partial charge in [0.2, 0.25) is 5.95 Å². The predicted molar refractivity (Wildman–Crippen MR) is 53.2 cm³/mol. The number of aromatic nitrogens is 2. The lowest BCUT2D eigenvalue weighted by atomic mass is 10.2. The van der Waals surface area contributed by atoms with Gasteiger partial charge in [0.15, 0.2) is 0 Å². The number of alkyl halides is 1. The number of hydrogen-bond acceptors (Lipinski definition) is 3. The second-order valence-corrected chi connectivity index (χ2v) is 3.86. The van der Waals surface area contributed by atoms with Crippen LogP contribution in [0.1, 0.15) is 19.3 Å². The van der Waals surface area contributed by atoms with E-state index in [9.17, 15) is 4.39 Å². The highest BCUT2D eigenvalue weighted by molar-refractivity contribution is 6.30. The Morgan fingerprint density at radius 2 is 2.07 bits per heavy atom. The summed E-state index contributed by atoms with van der Waals surface area (Å²) in [6.45, 7) is 0. The van der Waals surface area contributed by atoms with Gasteiger partial charge in [0.05, 0.1) is 23.5 Å². The van der Waals surface area contributed by atoms with Gasteiger partial charge < -0.3 is 5.32 Å². The van der Waals surface area contributed by atoms with Crippen molar-refractivity contribution in [1.82, 2.24) is 9.97 Å². The summed E-state index contributed by atoms with van der Waals surface area (Å²) >= 11 is 5.63. The first-order chi connectivity index (χ1) is 6.75. The molecule has 1 aliphatic rings. The molecule has 1 N–H and O–H groups in total. The molecule has 5 heteroatoms. The molecule has 0 aromatic carbocycles. The summed E-state index contributed by atoms with van der Waals surface area (Å²) in [6.07, 6.45) is 4.61. The van der Waals surface area contributed by atoms with Crippen molar-refractivity contribution in [3.8, 4) is 0 Å². The number of hydrogen-bond donors (Lipinski definition) is 1. The monoisotopic (exact) mass is 215 g/mol. The highest BCUT2D eigenvalue weighted by Crippen LogP contribution is 2.24. The van der Waals surface area contributed by atoms with E-state index < -0.39 is 6.17 Å². The van der Waals surface area contributed by atoms with Crippen molar-refractivity contribution < 1.29 is 4.39 Å². The van der Waals surface area contributed by atoms with Gasteiger partial charge in [-0.15, -0.1) is 0 Å². The number of nitrogens with zero attached hydrogens (tertiary/aromatic N) is 2. The minimum atomic E-state index is -0.783. The minimum Gasteiger partial charge on any atom is -0.349 e. The molecule has 2 unspecified atom stereocenters. The standard InChI is InChI=1S/C9H11ClFN3/c10-6-4-12-9(13-5-6)14-8-3-1-2-7(8)11/h4-5,7-8H,1-3H2,(H,12,13,14). The summed E-state index contributed by atoms with van der Waals surface area (Å²) < 4.78 is 13.2. The molecule has 0 radical (unpaired) electrons. The van der Waals surface area contributed by atoms with Crippen LogP contribution in [0.3, 0.4) is 0 Å². The molecule has 1 saturated carbocycles. The van der Waals surface area contributed by atoms with Crippen LogP contribution in [0, 0.1) is 0 Å². The topological polar surface area (TPSA) is 37.8 Å². The molecule has 14 heavy (non-hydrogen) atoms. The van der Waals surface area contributed by atoms with Crippen molar-refractivity contribution in [1.29, 1.82) is 0 Å². The molecule has 1 heterocycles. The van der Waals surface area contributed by atoms with Gasteiger partial charge in [0, 0.05) is 0 Å². The van der Waals surface area contributed by atoms with Gasteiger partial charge in [-0.2, -0.15) is 0 Å². The molecule has 76 valence electrons. The molecule has 1 fully saturated rings. The normalized spacial score (nSPS) is 26.4. The van der Waals surface area contributed by atoms with Crippen LogP contribution >= 0.6 is 11.6 Å². The van der Waals surface area contributed by atoms with E-state index in [1.807, 2.05) is 0 Å². The van der Waals surface area contributed by atoms with Crippen LogP contribution in [-0.2, 0) is 0 Å². The zero-order valence-electron chi connectivity index (χ0n) is 7.58. The molecule has 0 bridgehead atoms. The molecule has 0 amide bonds. The summed E-state index contributed by atoms with van der Waals surface area (Å²) in [5, 5.41) is 3.45. The Balaban J connectivity index is 2.00. The lowest BCUT2D eigenvalue weighted by molar-refractivity contribution is 0.323. The van der Waals surface area contributed by atoms with Gasteiger partial charge in [-0.3, -0.25) is 0 Å². The van der Waals surface area contributed by atoms with Gasteiger partial charge in [-0.1, -0.05) is 11.6 Å². The first-order valence-corrected chi connectivity index (χ1v) is 5.01. The average molecular weight is 216 g/mol. The second kappa shape index (κ2) is 4.09. The van der Waals surface area contributed by atoms with E-state index in [2.05, 4.69) is 15.3 Å². The highest BCUT2D eigenvalue weighted by Gasteiger charge is 2.27. The molecule has 1 aromatic heterocycles. The Hall–Kier alpha value is -0.900. The van der Waals surface area contributed by atoms with Crippen LogP contribution in [-0.4, -0.2) is 22.2 Å². The smallest absolute Gasteiger partial charge is 0.222 e. The molecule has 1 aromatic rings. The lowest BCUT2D eigenvalue weighted by Gasteiger charge is -2.14. The Bertz CT molecular complexity index is 303. The average Bonchev–Trinajstić information content (AvgIpc) is 2.56. The van der Waals surface area contributed by atoms with Crippen LogP contribution in [0.25, 0.3) is 0 Å². The third-order valence-electron chi connectivity index (χ3n) is 2.37. The first-order valence-electron chi connectivity index (χ1n) is 4.64. The number of rotatable bonds is 2. The summed E-state index contributed by atoms with van der Waals surface area (Å²) in [5.41, 5.74) is 0. The van der Waals surface area contributed by atoms with Crippen LogP contribution < -0.4 is 5.32 Å². The largest absolute Gasteiger partial charge is 0.349 e. The van der Waals surface area contributed by atoms with Crippen LogP contribution in [0.4, 0.5) is 10.3 Å². The molecule has 0 spiro atoms. The van der Waals surface area contributed by atoms with Gasteiger partial charge in [0.1, 0.15) is 6.17 Å². The summed E-state index contributed by atoms with van der Waals surface area (Å²) in [7, 11) is 0. The molecule has 0 aliphatic heterocycles. The van der Waals surface area contributed by atoms with Crippen molar-refractivity contribution in [2.24, 2.45) is 0 Å². The van der Waals surface area contributed by atoms with Gasteiger partial charge >= 0.3 is 0 Å². The van der Waals surface area contributed by atoms with Crippen molar-refractivity contribution in [3.63, 3.8) is 0 Å². The fourth-order valence-electron chi connectivity index (χ4n) is 1.63. The molecule has 2 atom stereocenters. The van der Waals surface area contributed by atoms with E-state index >= 15 is 0 Å². The number of nitrogens with one attached hydrogen (secondary N) is 1. The van der Waals surface area contributed by atoms with E-state index in [1.165, 1.54) is 12.4 Å². The highest BCUT2D eigenvalue weighted by atomic mass is 35.5. The van der Waals surface area contributed by atoms with Crippen LogP contribution in [0.5, 0.6) is 0 Å². The van der Waals surface area contributed by atoms with E-state index in [0.29, 0.717) is 17.4 Å². The van der Waals surface area contributed by atoms with Crippen molar-refractivity contribution in [2.45, 2.75) is 31.5 Å². The van der Waals surface area contributed by atoms with Gasteiger partial charge in [-0.05, 0) is 19.3 Å². The third-order valence-corrected chi connectivity index (χ3v) is 2.56. The van der Waals surface area contributed by atoms with Gasteiger partial charge in [0.25, 0.3) is 0 Å². The molecule has 2 rings (SSSR count). The first kappa shape index (κ1) is 9.65. The Kier molecular flexibility index (Phi) is 2.82. The number of anilines is 1. The molecule has 3 nitrogen and oxygen atoms in total. The fraction of sp³-hybridized carbons (Fsp3) is 0.556. The fourth-order valence-corrected chi connectivity index (χ4v) is 1.73. The van der Waals surface area contributed by atoms with E-state index in [4.69, 9.17) is 11.6 Å². The maximum atomic E-state index is 13.2. The van der Waals surface area contributed by atoms with Crippen molar-refractivity contribution in [3.05, 3.63) is 17.4 Å². The summed E-state index contributed by atoms with van der Waals surface area (Å²) in [4.78, 5) is 7.91. The molecular formula is C9H11ClFN3. The quantitative estimate of drug-likeness (QED) is 0.824. The molecule has 1 aliphatic carbocycles. The second-order valence-electron chi connectivity index (χ2n) is 3.42. The SMILES string of the molecule is FC1CCCC1Nc1ncc(Cl)cn1. The zero-order valence-corrected chi connectivity index (χ0v) is 8.34. The number of halogens is 2.